The molecule has 6 heteroatoms. The Morgan fingerprint density at radius 3 is 2.92 bits per heavy atom. The minimum absolute atomic E-state index is 0.114. The van der Waals surface area contributed by atoms with Gasteiger partial charge >= 0.3 is 0 Å². The second kappa shape index (κ2) is 8.01. The van der Waals surface area contributed by atoms with Crippen molar-refractivity contribution in [3.05, 3.63) is 58.9 Å². The number of amides is 1. The summed E-state index contributed by atoms with van der Waals surface area (Å²) in [4.78, 5) is 13.4. The van der Waals surface area contributed by atoms with Gasteiger partial charge in [-0.25, -0.2) is 4.39 Å². The summed E-state index contributed by atoms with van der Waals surface area (Å²) in [5.41, 5.74) is 0.637. The average molecular weight is 366 g/mol. The molecule has 1 saturated heterocycles. The summed E-state index contributed by atoms with van der Waals surface area (Å²) < 4.78 is 19.5. The third-order valence-corrected chi connectivity index (χ3v) is 5.20. The normalized spacial score (nSPS) is 17.0. The third-order valence-electron chi connectivity index (χ3n) is 3.76. The number of anilines is 1. The molecule has 2 aromatic rings. The summed E-state index contributed by atoms with van der Waals surface area (Å²) in [5.74, 6) is -0.0911. The molecule has 1 aliphatic heterocycles. The van der Waals surface area contributed by atoms with E-state index in [1.165, 1.54) is 12.1 Å². The van der Waals surface area contributed by atoms with Crippen molar-refractivity contribution < 1.29 is 13.9 Å². The Hall–Kier alpha value is -1.56. The summed E-state index contributed by atoms with van der Waals surface area (Å²) in [6.45, 7) is 0.809. The zero-order valence-corrected chi connectivity index (χ0v) is 14.5. The number of hydrogen-bond donors (Lipinski definition) is 1. The SMILES string of the molecule is O=C(Nc1ccc(Cl)cc1F)c1ccccc1SC[C@H]1CCCO1. The Morgan fingerprint density at radius 2 is 2.17 bits per heavy atom. The lowest BCUT2D eigenvalue weighted by molar-refractivity contribution is 0.102. The fourth-order valence-corrected chi connectivity index (χ4v) is 3.80. The fourth-order valence-electron chi connectivity index (χ4n) is 2.52. The third kappa shape index (κ3) is 4.29. The van der Waals surface area contributed by atoms with Crippen LogP contribution < -0.4 is 5.32 Å². The van der Waals surface area contributed by atoms with E-state index >= 15 is 0 Å². The van der Waals surface area contributed by atoms with Crippen molar-refractivity contribution in [3.8, 4) is 0 Å². The van der Waals surface area contributed by atoms with E-state index in [1.54, 1.807) is 30.0 Å². The minimum Gasteiger partial charge on any atom is -0.377 e. The van der Waals surface area contributed by atoms with Gasteiger partial charge in [0.2, 0.25) is 0 Å². The monoisotopic (exact) mass is 365 g/mol. The molecule has 1 atom stereocenters. The maximum Gasteiger partial charge on any atom is 0.256 e. The molecular formula is C18H17ClFNO2S. The maximum absolute atomic E-state index is 13.9. The molecule has 1 N–H and O–H groups in total. The zero-order chi connectivity index (χ0) is 16.9. The maximum atomic E-state index is 13.9. The molecule has 0 aromatic heterocycles. The van der Waals surface area contributed by atoms with Crippen LogP contribution in [0.1, 0.15) is 23.2 Å². The topological polar surface area (TPSA) is 38.3 Å². The second-order valence-corrected chi connectivity index (χ2v) is 7.02. The number of thioether (sulfide) groups is 1. The number of carbonyl (C=O) groups is 1. The summed E-state index contributed by atoms with van der Waals surface area (Å²) >= 11 is 7.32. The smallest absolute Gasteiger partial charge is 0.256 e. The van der Waals surface area contributed by atoms with E-state index in [0.717, 1.165) is 30.1 Å². The van der Waals surface area contributed by atoms with Gasteiger partial charge in [0.1, 0.15) is 5.82 Å². The van der Waals surface area contributed by atoms with Crippen molar-refractivity contribution in [3.63, 3.8) is 0 Å². The van der Waals surface area contributed by atoms with E-state index in [0.29, 0.717) is 5.56 Å². The molecule has 3 rings (SSSR count). The van der Waals surface area contributed by atoms with Gasteiger partial charge in [-0.15, -0.1) is 11.8 Å². The Bertz CT molecular complexity index is 735. The molecule has 1 aliphatic rings. The largest absolute Gasteiger partial charge is 0.377 e. The van der Waals surface area contributed by atoms with E-state index < -0.39 is 5.82 Å². The van der Waals surface area contributed by atoms with E-state index in [1.807, 2.05) is 12.1 Å². The Kier molecular flexibility index (Phi) is 5.76. The van der Waals surface area contributed by atoms with E-state index in [4.69, 9.17) is 16.3 Å². The van der Waals surface area contributed by atoms with Crippen molar-refractivity contribution in [2.45, 2.75) is 23.8 Å². The van der Waals surface area contributed by atoms with Gasteiger partial charge in [-0.3, -0.25) is 4.79 Å². The predicted octanol–water partition coefficient (Wildman–Crippen LogP) is 5.00. The summed E-state index contributed by atoms with van der Waals surface area (Å²) in [6, 6.07) is 11.5. The predicted molar refractivity (Wildman–Crippen MR) is 95.5 cm³/mol. The molecule has 2 aromatic carbocycles. The molecule has 0 radical (unpaired) electrons. The molecule has 0 unspecified atom stereocenters. The number of hydrogen-bond acceptors (Lipinski definition) is 3. The Labute approximate surface area is 149 Å². The highest BCUT2D eigenvalue weighted by Gasteiger charge is 2.18. The van der Waals surface area contributed by atoms with Crippen molar-refractivity contribution >= 4 is 35.0 Å². The van der Waals surface area contributed by atoms with Crippen molar-refractivity contribution in [1.29, 1.82) is 0 Å². The lowest BCUT2D eigenvalue weighted by atomic mass is 10.2. The standard InChI is InChI=1S/C18H17ClFNO2S/c19-12-7-8-16(15(20)10-12)21-18(22)14-5-1-2-6-17(14)24-11-13-4-3-9-23-13/h1-2,5-8,10,13H,3-4,9,11H2,(H,21,22)/t13-/m1/s1. The number of ether oxygens (including phenoxy) is 1. The molecule has 24 heavy (non-hydrogen) atoms. The van der Waals surface area contributed by atoms with Crippen LogP contribution in [0.4, 0.5) is 10.1 Å². The van der Waals surface area contributed by atoms with Gasteiger partial charge in [-0.05, 0) is 43.2 Å². The molecule has 0 saturated carbocycles. The lowest BCUT2D eigenvalue weighted by Gasteiger charge is -2.12. The van der Waals surface area contributed by atoms with E-state index in [2.05, 4.69) is 5.32 Å². The van der Waals surface area contributed by atoms with Gasteiger partial charge in [-0.2, -0.15) is 0 Å². The highest BCUT2D eigenvalue weighted by molar-refractivity contribution is 7.99. The van der Waals surface area contributed by atoms with Gasteiger partial charge in [0.15, 0.2) is 0 Å². The van der Waals surface area contributed by atoms with Crippen LogP contribution in [0, 0.1) is 5.82 Å². The first kappa shape index (κ1) is 17.3. The van der Waals surface area contributed by atoms with Crippen molar-refractivity contribution in [2.75, 3.05) is 17.7 Å². The number of nitrogens with one attached hydrogen (secondary N) is 1. The van der Waals surface area contributed by atoms with Crippen LogP contribution in [0.15, 0.2) is 47.4 Å². The Morgan fingerprint density at radius 1 is 1.33 bits per heavy atom. The van der Waals surface area contributed by atoms with Gasteiger partial charge in [0.25, 0.3) is 5.91 Å². The van der Waals surface area contributed by atoms with Crippen LogP contribution in [0.2, 0.25) is 5.02 Å². The first-order valence-corrected chi connectivity index (χ1v) is 9.09. The molecule has 1 heterocycles. The summed E-state index contributed by atoms with van der Waals surface area (Å²) in [5, 5.41) is 2.89. The van der Waals surface area contributed by atoms with Crippen LogP contribution >= 0.6 is 23.4 Å². The van der Waals surface area contributed by atoms with Crippen LogP contribution in [-0.4, -0.2) is 24.4 Å². The number of benzene rings is 2. The molecule has 1 fully saturated rings. The van der Waals surface area contributed by atoms with Crippen molar-refractivity contribution in [2.24, 2.45) is 0 Å². The van der Waals surface area contributed by atoms with Gasteiger partial charge < -0.3 is 10.1 Å². The highest BCUT2D eigenvalue weighted by atomic mass is 35.5. The van der Waals surface area contributed by atoms with Crippen molar-refractivity contribution in [1.82, 2.24) is 0 Å². The van der Waals surface area contributed by atoms with E-state index in [-0.39, 0.29) is 22.7 Å². The minimum atomic E-state index is -0.555. The number of halogens is 2. The van der Waals surface area contributed by atoms with Crippen LogP contribution in [0.5, 0.6) is 0 Å². The zero-order valence-electron chi connectivity index (χ0n) is 12.9. The molecule has 3 nitrogen and oxygen atoms in total. The Balaban J connectivity index is 1.72. The first-order valence-electron chi connectivity index (χ1n) is 7.73. The quantitative estimate of drug-likeness (QED) is 0.757. The summed E-state index contributed by atoms with van der Waals surface area (Å²) in [6.07, 6.45) is 2.38. The highest BCUT2D eigenvalue weighted by Crippen LogP contribution is 2.28. The van der Waals surface area contributed by atoms with Gasteiger partial charge in [0, 0.05) is 22.3 Å². The first-order chi connectivity index (χ1) is 11.6. The van der Waals surface area contributed by atoms with Crippen LogP contribution in [-0.2, 0) is 4.74 Å². The molecule has 1 amide bonds. The van der Waals surface area contributed by atoms with Gasteiger partial charge in [0.05, 0.1) is 17.4 Å². The average Bonchev–Trinajstić information content (AvgIpc) is 3.09. The lowest BCUT2D eigenvalue weighted by Crippen LogP contribution is -2.15. The second-order valence-electron chi connectivity index (χ2n) is 5.52. The summed E-state index contributed by atoms with van der Waals surface area (Å²) in [7, 11) is 0. The number of rotatable bonds is 5. The van der Waals surface area contributed by atoms with E-state index in [9.17, 15) is 9.18 Å². The molecule has 0 bridgehead atoms. The molecule has 0 aliphatic carbocycles. The fraction of sp³-hybridized carbons (Fsp3) is 0.278. The van der Waals surface area contributed by atoms with Crippen LogP contribution in [0.3, 0.4) is 0 Å². The number of carbonyl (C=O) groups excluding carboxylic acids is 1. The van der Waals surface area contributed by atoms with Gasteiger partial charge in [-0.1, -0.05) is 23.7 Å². The molecular weight excluding hydrogens is 349 g/mol. The van der Waals surface area contributed by atoms with Crippen LogP contribution in [0.25, 0.3) is 0 Å². The molecule has 126 valence electrons. The molecule has 0 spiro atoms.